The molecule has 3 atom stereocenters. The first-order valence-corrected chi connectivity index (χ1v) is 7.70. The Labute approximate surface area is 111 Å². The summed E-state index contributed by atoms with van der Waals surface area (Å²) in [5, 5.41) is 0.0505. The van der Waals surface area contributed by atoms with E-state index in [0.717, 1.165) is 23.5 Å². The smallest absolute Gasteiger partial charge is 0.119 e. The highest BCUT2D eigenvalue weighted by Crippen LogP contribution is 2.35. The number of benzene rings is 1. The lowest BCUT2D eigenvalue weighted by molar-refractivity contribution is 0.414. The summed E-state index contributed by atoms with van der Waals surface area (Å²) in [6, 6.07) is 5.83. The van der Waals surface area contributed by atoms with Gasteiger partial charge in [-0.2, -0.15) is 0 Å². The summed E-state index contributed by atoms with van der Waals surface area (Å²) in [6.07, 6.45) is 0.819. The molecule has 4 heteroatoms. The number of fused-ring (bicyclic) bond motifs is 1. The van der Waals surface area contributed by atoms with E-state index in [2.05, 4.69) is 13.8 Å². The van der Waals surface area contributed by atoms with Gasteiger partial charge in [-0.1, -0.05) is 19.9 Å². The van der Waals surface area contributed by atoms with Crippen molar-refractivity contribution in [3.05, 3.63) is 29.3 Å². The van der Waals surface area contributed by atoms with Crippen molar-refractivity contribution in [3.8, 4) is 5.75 Å². The molecule has 0 bridgehead atoms. The maximum Gasteiger partial charge on any atom is 0.119 e. The van der Waals surface area contributed by atoms with Crippen molar-refractivity contribution in [1.82, 2.24) is 0 Å². The normalized spacial score (nSPS) is 24.1. The second-order valence-electron chi connectivity index (χ2n) is 5.27. The fourth-order valence-electron chi connectivity index (χ4n) is 2.45. The standard InChI is InChI=1S/C14H21NO2S/c1-9(2)8-18(16)13-6-10-4-5-11(17-3)7-12(10)14(13)15/h4-5,7,9,13-14H,6,8,15H2,1-3H3. The van der Waals surface area contributed by atoms with Crippen LogP contribution in [0.1, 0.15) is 31.0 Å². The van der Waals surface area contributed by atoms with Gasteiger partial charge in [0.2, 0.25) is 0 Å². The Bertz CT molecular complexity index is 459. The predicted molar refractivity (Wildman–Crippen MR) is 75.3 cm³/mol. The minimum absolute atomic E-state index is 0.0505. The summed E-state index contributed by atoms with van der Waals surface area (Å²) in [5.74, 6) is 1.99. The van der Waals surface area contributed by atoms with Gasteiger partial charge in [-0.3, -0.25) is 4.21 Å². The molecule has 2 N–H and O–H groups in total. The van der Waals surface area contributed by atoms with Gasteiger partial charge in [-0.25, -0.2) is 0 Å². The fraction of sp³-hybridized carbons (Fsp3) is 0.571. The molecule has 0 radical (unpaired) electrons. The Morgan fingerprint density at radius 2 is 2.22 bits per heavy atom. The van der Waals surface area contributed by atoms with Gasteiger partial charge in [0.25, 0.3) is 0 Å². The van der Waals surface area contributed by atoms with E-state index in [9.17, 15) is 4.21 Å². The quantitative estimate of drug-likeness (QED) is 0.908. The zero-order valence-corrected chi connectivity index (χ0v) is 12.0. The first-order valence-electron chi connectivity index (χ1n) is 6.32. The molecule has 0 aromatic heterocycles. The monoisotopic (exact) mass is 267 g/mol. The van der Waals surface area contributed by atoms with Crippen LogP contribution in [0.25, 0.3) is 0 Å². The van der Waals surface area contributed by atoms with Crippen LogP contribution in [0, 0.1) is 5.92 Å². The average Bonchev–Trinajstić information content (AvgIpc) is 2.65. The first kappa shape index (κ1) is 13.6. The third kappa shape index (κ3) is 2.59. The van der Waals surface area contributed by atoms with E-state index in [-0.39, 0.29) is 11.3 Å². The van der Waals surface area contributed by atoms with Crippen LogP contribution in [0.4, 0.5) is 0 Å². The highest BCUT2D eigenvalue weighted by atomic mass is 32.2. The molecule has 18 heavy (non-hydrogen) atoms. The molecule has 0 fully saturated rings. The van der Waals surface area contributed by atoms with Crippen molar-refractivity contribution in [2.24, 2.45) is 11.7 Å². The molecule has 0 aliphatic heterocycles. The molecule has 1 aliphatic rings. The van der Waals surface area contributed by atoms with Gasteiger partial charge >= 0.3 is 0 Å². The molecular weight excluding hydrogens is 246 g/mol. The van der Waals surface area contributed by atoms with Crippen molar-refractivity contribution in [2.45, 2.75) is 31.6 Å². The fourth-order valence-corrected chi connectivity index (χ4v) is 4.19. The van der Waals surface area contributed by atoms with E-state index in [4.69, 9.17) is 10.5 Å². The molecule has 100 valence electrons. The highest BCUT2D eigenvalue weighted by molar-refractivity contribution is 7.85. The maximum atomic E-state index is 12.3. The second kappa shape index (κ2) is 5.41. The van der Waals surface area contributed by atoms with E-state index in [1.807, 2.05) is 18.2 Å². The molecular formula is C14H21NO2S. The van der Waals surface area contributed by atoms with Crippen molar-refractivity contribution in [2.75, 3.05) is 12.9 Å². The summed E-state index contributed by atoms with van der Waals surface area (Å²) < 4.78 is 17.5. The lowest BCUT2D eigenvalue weighted by Crippen LogP contribution is -2.29. The number of methoxy groups -OCH3 is 1. The molecule has 1 aromatic rings. The lowest BCUT2D eigenvalue weighted by atomic mass is 10.1. The van der Waals surface area contributed by atoms with Crippen LogP contribution in [-0.2, 0) is 17.2 Å². The zero-order chi connectivity index (χ0) is 13.3. The average molecular weight is 267 g/mol. The summed E-state index contributed by atoms with van der Waals surface area (Å²) >= 11 is 0. The van der Waals surface area contributed by atoms with Crippen molar-refractivity contribution in [3.63, 3.8) is 0 Å². The third-order valence-electron chi connectivity index (χ3n) is 3.37. The van der Waals surface area contributed by atoms with Crippen LogP contribution in [0.15, 0.2) is 18.2 Å². The molecule has 3 nitrogen and oxygen atoms in total. The van der Waals surface area contributed by atoms with E-state index in [1.165, 1.54) is 5.56 Å². The molecule has 0 saturated carbocycles. The molecule has 1 aromatic carbocycles. The van der Waals surface area contributed by atoms with Gasteiger partial charge in [0.1, 0.15) is 5.75 Å². The second-order valence-corrected chi connectivity index (χ2v) is 6.97. The van der Waals surface area contributed by atoms with Crippen LogP contribution >= 0.6 is 0 Å². The van der Waals surface area contributed by atoms with E-state index >= 15 is 0 Å². The van der Waals surface area contributed by atoms with Gasteiger partial charge in [0.15, 0.2) is 0 Å². The first-order chi connectivity index (χ1) is 8.52. The summed E-state index contributed by atoms with van der Waals surface area (Å²) in [6.45, 7) is 4.18. The van der Waals surface area contributed by atoms with Crippen molar-refractivity contribution >= 4 is 10.8 Å². The van der Waals surface area contributed by atoms with Crippen LogP contribution in [0.5, 0.6) is 5.75 Å². The Balaban J connectivity index is 2.19. The topological polar surface area (TPSA) is 52.3 Å². The van der Waals surface area contributed by atoms with Gasteiger partial charge in [-0.15, -0.1) is 0 Å². The van der Waals surface area contributed by atoms with Crippen molar-refractivity contribution < 1.29 is 8.95 Å². The minimum atomic E-state index is -0.856. The van der Waals surface area contributed by atoms with E-state index in [0.29, 0.717) is 5.92 Å². The maximum absolute atomic E-state index is 12.3. The third-order valence-corrected chi connectivity index (χ3v) is 5.50. The minimum Gasteiger partial charge on any atom is -0.497 e. The molecule has 0 saturated heterocycles. The van der Waals surface area contributed by atoms with Gasteiger partial charge < -0.3 is 10.5 Å². The molecule has 3 unspecified atom stereocenters. The van der Waals surface area contributed by atoms with E-state index in [1.54, 1.807) is 7.11 Å². The van der Waals surface area contributed by atoms with Crippen LogP contribution in [0.3, 0.4) is 0 Å². The molecule has 2 rings (SSSR count). The lowest BCUT2D eigenvalue weighted by Gasteiger charge is -2.17. The number of nitrogens with two attached hydrogens (primary N) is 1. The van der Waals surface area contributed by atoms with Gasteiger partial charge in [0.05, 0.1) is 12.4 Å². The number of ether oxygens (including phenoxy) is 1. The summed E-state index contributed by atoms with van der Waals surface area (Å²) in [4.78, 5) is 0. The molecule has 0 amide bonds. The Hall–Kier alpha value is -0.870. The largest absolute Gasteiger partial charge is 0.497 e. The van der Waals surface area contributed by atoms with Crippen LogP contribution in [-0.4, -0.2) is 22.3 Å². The Morgan fingerprint density at radius 3 is 2.83 bits per heavy atom. The molecule has 0 heterocycles. The highest BCUT2D eigenvalue weighted by Gasteiger charge is 2.34. The van der Waals surface area contributed by atoms with Crippen LogP contribution < -0.4 is 10.5 Å². The summed E-state index contributed by atoms with van der Waals surface area (Å²) in [7, 11) is 0.793. The number of hydrogen-bond donors (Lipinski definition) is 1. The van der Waals surface area contributed by atoms with Crippen molar-refractivity contribution in [1.29, 1.82) is 0 Å². The van der Waals surface area contributed by atoms with Gasteiger partial charge in [-0.05, 0) is 35.6 Å². The molecule has 0 spiro atoms. The number of rotatable bonds is 4. The predicted octanol–water partition coefficient (Wildman–Crippen LogP) is 2.02. The van der Waals surface area contributed by atoms with Gasteiger partial charge in [0, 0.05) is 22.6 Å². The van der Waals surface area contributed by atoms with Crippen LogP contribution in [0.2, 0.25) is 0 Å². The molecule has 1 aliphatic carbocycles. The Kier molecular flexibility index (Phi) is 4.07. The number of hydrogen-bond acceptors (Lipinski definition) is 3. The SMILES string of the molecule is COc1ccc2c(c1)C(N)C(S(=O)CC(C)C)C2. The van der Waals surface area contributed by atoms with E-state index < -0.39 is 10.8 Å². The zero-order valence-electron chi connectivity index (χ0n) is 11.2. The summed E-state index contributed by atoms with van der Waals surface area (Å²) in [5.41, 5.74) is 8.55. The Morgan fingerprint density at radius 1 is 1.50 bits per heavy atom.